The van der Waals surface area contributed by atoms with Gasteiger partial charge in [-0.05, 0) is 24.8 Å². The van der Waals surface area contributed by atoms with Gasteiger partial charge in [0, 0.05) is 18.7 Å². The molecule has 1 aliphatic carbocycles. The lowest BCUT2D eigenvalue weighted by molar-refractivity contribution is 0.553. The molecule has 0 unspecified atom stereocenters. The molecule has 0 aliphatic heterocycles. The van der Waals surface area contributed by atoms with Crippen LogP contribution in [0.15, 0.2) is 6.20 Å². The lowest BCUT2D eigenvalue weighted by atomic mass is 9.88. The Morgan fingerprint density at radius 2 is 2.54 bits per heavy atom. The number of aryl methyl sites for hydroxylation is 2. The standard InChI is InChI=1S/C9H13N3S/c1-12-8-4-6(9(10)13)2-3-7(8)5-11-12/h5-6H,2-4H2,1H3,(H2,10,13)/t6-/m0/s1. The minimum atomic E-state index is 0.373. The van der Waals surface area contributed by atoms with Gasteiger partial charge in [-0.3, -0.25) is 4.68 Å². The van der Waals surface area contributed by atoms with E-state index in [1.54, 1.807) is 0 Å². The Labute approximate surface area is 82.9 Å². The molecule has 1 heterocycles. The summed E-state index contributed by atoms with van der Waals surface area (Å²) < 4.78 is 1.93. The van der Waals surface area contributed by atoms with E-state index >= 15 is 0 Å². The molecule has 2 N–H and O–H groups in total. The Morgan fingerprint density at radius 1 is 1.77 bits per heavy atom. The van der Waals surface area contributed by atoms with E-state index in [1.165, 1.54) is 11.3 Å². The van der Waals surface area contributed by atoms with Crippen molar-refractivity contribution in [2.45, 2.75) is 19.3 Å². The number of rotatable bonds is 1. The molecule has 0 spiro atoms. The number of fused-ring (bicyclic) bond motifs is 1. The highest BCUT2D eigenvalue weighted by atomic mass is 32.1. The van der Waals surface area contributed by atoms with Crippen LogP contribution >= 0.6 is 12.2 Å². The predicted molar refractivity (Wildman–Crippen MR) is 55.5 cm³/mol. The molecular formula is C9H13N3S. The molecule has 1 aromatic heterocycles. The van der Waals surface area contributed by atoms with Crippen molar-refractivity contribution in [1.29, 1.82) is 0 Å². The fourth-order valence-electron chi connectivity index (χ4n) is 1.89. The van der Waals surface area contributed by atoms with Crippen LogP contribution in [0, 0.1) is 5.92 Å². The van der Waals surface area contributed by atoms with Crippen molar-refractivity contribution >= 4 is 17.2 Å². The van der Waals surface area contributed by atoms with E-state index in [-0.39, 0.29) is 0 Å². The third-order valence-electron chi connectivity index (χ3n) is 2.75. The maximum atomic E-state index is 5.64. The number of hydrogen-bond acceptors (Lipinski definition) is 2. The number of hydrogen-bond donors (Lipinski definition) is 1. The first-order valence-corrected chi connectivity index (χ1v) is 4.88. The first kappa shape index (κ1) is 8.69. The van der Waals surface area contributed by atoms with Crippen molar-refractivity contribution in [1.82, 2.24) is 9.78 Å². The Kier molecular flexibility index (Phi) is 2.07. The Balaban J connectivity index is 2.27. The Morgan fingerprint density at radius 3 is 3.23 bits per heavy atom. The Bertz CT molecular complexity index is 343. The van der Waals surface area contributed by atoms with Crippen molar-refractivity contribution in [3.63, 3.8) is 0 Å². The van der Waals surface area contributed by atoms with Crippen LogP contribution in [0.4, 0.5) is 0 Å². The number of nitrogens with two attached hydrogens (primary N) is 1. The molecular weight excluding hydrogens is 182 g/mol. The summed E-state index contributed by atoms with van der Waals surface area (Å²) in [4.78, 5) is 0.645. The summed E-state index contributed by atoms with van der Waals surface area (Å²) >= 11 is 5.01. The summed E-state index contributed by atoms with van der Waals surface area (Å²) in [7, 11) is 1.97. The van der Waals surface area contributed by atoms with Gasteiger partial charge in [-0.1, -0.05) is 12.2 Å². The molecule has 3 nitrogen and oxygen atoms in total. The van der Waals surface area contributed by atoms with E-state index in [0.717, 1.165) is 19.3 Å². The van der Waals surface area contributed by atoms with Crippen LogP contribution in [0.25, 0.3) is 0 Å². The van der Waals surface area contributed by atoms with Crippen LogP contribution in [-0.4, -0.2) is 14.8 Å². The Hall–Kier alpha value is -0.900. The zero-order valence-electron chi connectivity index (χ0n) is 7.66. The average molecular weight is 195 g/mol. The number of nitrogens with zero attached hydrogens (tertiary/aromatic N) is 2. The minimum Gasteiger partial charge on any atom is -0.393 e. The second-order valence-electron chi connectivity index (χ2n) is 3.58. The van der Waals surface area contributed by atoms with Crippen LogP contribution in [0.3, 0.4) is 0 Å². The summed E-state index contributed by atoms with van der Waals surface area (Å²) in [6, 6.07) is 0. The van der Waals surface area contributed by atoms with Crippen molar-refractivity contribution in [2.75, 3.05) is 0 Å². The van der Waals surface area contributed by atoms with Gasteiger partial charge in [0.25, 0.3) is 0 Å². The van der Waals surface area contributed by atoms with Crippen molar-refractivity contribution in [3.05, 3.63) is 17.5 Å². The maximum Gasteiger partial charge on any atom is 0.0762 e. The quantitative estimate of drug-likeness (QED) is 0.674. The molecule has 70 valence electrons. The van der Waals surface area contributed by atoms with Gasteiger partial charge in [0.05, 0.1) is 11.2 Å². The molecule has 13 heavy (non-hydrogen) atoms. The normalized spacial score (nSPS) is 21.2. The van der Waals surface area contributed by atoms with E-state index < -0.39 is 0 Å². The van der Waals surface area contributed by atoms with Gasteiger partial charge in [-0.2, -0.15) is 5.10 Å². The number of thiocarbonyl (C=S) groups is 1. The minimum absolute atomic E-state index is 0.373. The fraction of sp³-hybridized carbons (Fsp3) is 0.556. The summed E-state index contributed by atoms with van der Waals surface area (Å²) in [5, 5.41) is 4.22. The van der Waals surface area contributed by atoms with Gasteiger partial charge < -0.3 is 5.73 Å². The second kappa shape index (κ2) is 3.10. The van der Waals surface area contributed by atoms with E-state index in [9.17, 15) is 0 Å². The highest BCUT2D eigenvalue weighted by Gasteiger charge is 2.22. The lowest BCUT2D eigenvalue weighted by Crippen LogP contribution is -2.27. The molecule has 0 radical (unpaired) electrons. The first-order chi connectivity index (χ1) is 6.18. The summed E-state index contributed by atoms with van der Waals surface area (Å²) in [5.74, 6) is 0.373. The van der Waals surface area contributed by atoms with Gasteiger partial charge >= 0.3 is 0 Å². The van der Waals surface area contributed by atoms with Crippen LogP contribution < -0.4 is 5.73 Å². The lowest BCUT2D eigenvalue weighted by Gasteiger charge is -2.21. The molecule has 4 heteroatoms. The van der Waals surface area contributed by atoms with E-state index in [4.69, 9.17) is 18.0 Å². The summed E-state index contributed by atoms with van der Waals surface area (Å²) in [5.41, 5.74) is 8.30. The smallest absolute Gasteiger partial charge is 0.0762 e. The van der Waals surface area contributed by atoms with Crippen molar-refractivity contribution < 1.29 is 0 Å². The topological polar surface area (TPSA) is 43.8 Å². The second-order valence-corrected chi connectivity index (χ2v) is 4.05. The van der Waals surface area contributed by atoms with Gasteiger partial charge in [-0.25, -0.2) is 0 Å². The molecule has 0 bridgehead atoms. The van der Waals surface area contributed by atoms with Gasteiger partial charge in [0.1, 0.15) is 0 Å². The molecule has 0 saturated heterocycles. The third-order valence-corrected chi connectivity index (χ3v) is 3.09. The van der Waals surface area contributed by atoms with Crippen molar-refractivity contribution in [3.8, 4) is 0 Å². The molecule has 2 rings (SSSR count). The van der Waals surface area contributed by atoms with Gasteiger partial charge in [-0.15, -0.1) is 0 Å². The van der Waals surface area contributed by atoms with Crippen LogP contribution in [0.2, 0.25) is 0 Å². The van der Waals surface area contributed by atoms with E-state index in [2.05, 4.69) is 5.10 Å². The van der Waals surface area contributed by atoms with Crippen LogP contribution in [0.5, 0.6) is 0 Å². The third kappa shape index (κ3) is 1.46. The van der Waals surface area contributed by atoms with Crippen LogP contribution in [-0.2, 0) is 19.9 Å². The molecule has 1 atom stereocenters. The van der Waals surface area contributed by atoms with E-state index in [0.29, 0.717) is 10.9 Å². The van der Waals surface area contributed by atoms with Gasteiger partial charge in [0.15, 0.2) is 0 Å². The first-order valence-electron chi connectivity index (χ1n) is 4.47. The highest BCUT2D eigenvalue weighted by molar-refractivity contribution is 7.80. The summed E-state index contributed by atoms with van der Waals surface area (Å²) in [6.07, 6.45) is 5.05. The molecule has 1 aliphatic rings. The van der Waals surface area contributed by atoms with E-state index in [1.807, 2.05) is 17.9 Å². The molecule has 1 aromatic rings. The SMILES string of the molecule is Cn1ncc2c1C[C@@H](C(N)=S)CC2. The fourth-order valence-corrected chi connectivity index (χ4v) is 2.09. The molecule has 0 fully saturated rings. The molecule has 0 aromatic carbocycles. The predicted octanol–water partition coefficient (Wildman–Crippen LogP) is 0.811. The highest BCUT2D eigenvalue weighted by Crippen LogP contribution is 2.24. The molecule has 0 amide bonds. The maximum absolute atomic E-state index is 5.64. The van der Waals surface area contributed by atoms with Crippen molar-refractivity contribution in [2.24, 2.45) is 18.7 Å². The monoisotopic (exact) mass is 195 g/mol. The zero-order chi connectivity index (χ0) is 9.42. The van der Waals surface area contributed by atoms with Gasteiger partial charge in [0.2, 0.25) is 0 Å². The average Bonchev–Trinajstić information content (AvgIpc) is 2.47. The summed E-state index contributed by atoms with van der Waals surface area (Å²) in [6.45, 7) is 0. The molecule has 0 saturated carbocycles. The largest absolute Gasteiger partial charge is 0.393 e. The van der Waals surface area contributed by atoms with Crippen LogP contribution in [0.1, 0.15) is 17.7 Å². The zero-order valence-corrected chi connectivity index (χ0v) is 8.47. The number of aromatic nitrogens is 2.